The monoisotopic (exact) mass is 537 g/mol. The Labute approximate surface area is 209 Å². The Morgan fingerprint density at radius 1 is 1.11 bits per heavy atom. The van der Waals surface area contributed by atoms with E-state index in [4.69, 9.17) is 14.2 Å². The van der Waals surface area contributed by atoms with Crippen LogP contribution in [0.2, 0.25) is 0 Å². The van der Waals surface area contributed by atoms with Crippen molar-refractivity contribution in [2.75, 3.05) is 19.5 Å². The van der Waals surface area contributed by atoms with E-state index >= 15 is 0 Å². The van der Waals surface area contributed by atoms with Crippen molar-refractivity contribution in [2.24, 2.45) is 0 Å². The lowest BCUT2D eigenvalue weighted by Gasteiger charge is -2.14. The number of hydrogen-bond donors (Lipinski definition) is 1. The van der Waals surface area contributed by atoms with E-state index in [0.717, 1.165) is 10.0 Å². The van der Waals surface area contributed by atoms with Crippen LogP contribution < -0.4 is 19.5 Å². The minimum Gasteiger partial charge on any atom is -0.494 e. The molecular weight excluding hydrogens is 518 g/mol. The molecule has 3 aromatic carbocycles. The Balaban J connectivity index is 1.89. The van der Waals surface area contributed by atoms with Crippen LogP contribution in [0.3, 0.4) is 0 Å². The van der Waals surface area contributed by atoms with Gasteiger partial charge >= 0.3 is 0 Å². The van der Waals surface area contributed by atoms with Crippen molar-refractivity contribution in [3.63, 3.8) is 0 Å². The molecule has 3 aromatic rings. The van der Waals surface area contributed by atoms with Gasteiger partial charge in [0.1, 0.15) is 24.0 Å². The van der Waals surface area contributed by atoms with Crippen LogP contribution in [-0.4, -0.2) is 25.1 Å². The first kappa shape index (κ1) is 25.3. The van der Waals surface area contributed by atoms with E-state index in [9.17, 15) is 20.2 Å². The minimum atomic E-state index is -0.721. The molecule has 35 heavy (non-hydrogen) atoms. The Morgan fingerprint density at radius 2 is 1.83 bits per heavy atom. The van der Waals surface area contributed by atoms with Gasteiger partial charge in [0.25, 0.3) is 11.6 Å². The van der Waals surface area contributed by atoms with Gasteiger partial charge in [-0.25, -0.2) is 0 Å². The van der Waals surface area contributed by atoms with Crippen molar-refractivity contribution < 1.29 is 23.9 Å². The van der Waals surface area contributed by atoms with Gasteiger partial charge in [0.15, 0.2) is 11.5 Å². The number of ether oxygens (including phenoxy) is 3. The Bertz CT molecular complexity index is 1320. The fraction of sp³-hybridized carbons (Fsp3) is 0.120. The predicted octanol–water partition coefficient (Wildman–Crippen LogP) is 5.50. The molecule has 0 fully saturated rings. The molecule has 0 saturated carbocycles. The summed E-state index contributed by atoms with van der Waals surface area (Å²) in [5, 5.41) is 23.2. The number of nitro benzene ring substituents is 1. The number of amides is 1. The topological polar surface area (TPSA) is 124 Å². The normalized spacial score (nSPS) is 10.7. The number of methoxy groups -OCH3 is 2. The van der Waals surface area contributed by atoms with Crippen LogP contribution >= 0.6 is 15.9 Å². The van der Waals surface area contributed by atoms with Crippen molar-refractivity contribution >= 4 is 39.3 Å². The zero-order valence-electron chi connectivity index (χ0n) is 18.8. The maximum Gasteiger partial charge on any atom is 0.273 e. The summed E-state index contributed by atoms with van der Waals surface area (Å²) in [6, 6.07) is 18.3. The summed E-state index contributed by atoms with van der Waals surface area (Å²) in [6.07, 6.45) is 1.38. The molecule has 0 aliphatic carbocycles. The number of nitro groups is 1. The van der Waals surface area contributed by atoms with E-state index < -0.39 is 10.8 Å². The first-order valence-electron chi connectivity index (χ1n) is 10.2. The van der Waals surface area contributed by atoms with E-state index in [2.05, 4.69) is 21.2 Å². The average Bonchev–Trinajstić information content (AvgIpc) is 2.87. The first-order chi connectivity index (χ1) is 16.9. The van der Waals surface area contributed by atoms with Crippen molar-refractivity contribution in [2.45, 2.75) is 6.61 Å². The predicted molar refractivity (Wildman–Crippen MR) is 133 cm³/mol. The number of nitrogens with one attached hydrogen (secondary N) is 1. The van der Waals surface area contributed by atoms with Gasteiger partial charge in [-0.3, -0.25) is 14.9 Å². The van der Waals surface area contributed by atoms with Gasteiger partial charge < -0.3 is 19.5 Å². The number of halogens is 1. The van der Waals surface area contributed by atoms with Crippen molar-refractivity contribution in [1.82, 2.24) is 0 Å². The average molecular weight is 538 g/mol. The van der Waals surface area contributed by atoms with Crippen LogP contribution in [0.5, 0.6) is 17.2 Å². The van der Waals surface area contributed by atoms with Crippen LogP contribution in [0.25, 0.3) is 6.08 Å². The first-order valence-corrected chi connectivity index (χ1v) is 11.0. The molecule has 0 unspecified atom stereocenters. The molecular formula is C25H20BrN3O6. The molecule has 0 radical (unpaired) electrons. The fourth-order valence-electron chi connectivity index (χ4n) is 3.09. The number of rotatable bonds is 9. The number of non-ortho nitro benzene ring substituents is 1. The van der Waals surface area contributed by atoms with Crippen LogP contribution in [0, 0.1) is 21.4 Å². The lowest BCUT2D eigenvalue weighted by molar-refractivity contribution is -0.384. The van der Waals surface area contributed by atoms with Crippen LogP contribution in [0.1, 0.15) is 11.1 Å². The largest absolute Gasteiger partial charge is 0.494 e. The number of nitriles is 1. The van der Waals surface area contributed by atoms with E-state index in [1.165, 1.54) is 38.5 Å². The summed E-state index contributed by atoms with van der Waals surface area (Å²) in [5.41, 5.74) is 1.15. The maximum atomic E-state index is 12.8. The SMILES string of the molecule is COc1cc([N+](=O)[O-])ccc1NC(=O)/C(C#N)=C/c1cccc(OC)c1OCc1ccc(Br)cc1. The summed E-state index contributed by atoms with van der Waals surface area (Å²) in [4.78, 5) is 23.3. The van der Waals surface area contributed by atoms with Crippen LogP contribution in [0.15, 0.2) is 70.7 Å². The number of benzene rings is 3. The second-order valence-corrected chi connectivity index (χ2v) is 7.98. The van der Waals surface area contributed by atoms with Gasteiger partial charge in [0, 0.05) is 16.1 Å². The molecule has 0 heterocycles. The minimum absolute atomic E-state index is 0.0877. The lowest BCUT2D eigenvalue weighted by atomic mass is 10.1. The number of carbonyl (C=O) groups is 1. The molecule has 1 N–H and O–H groups in total. The zero-order chi connectivity index (χ0) is 25.4. The molecule has 0 aliphatic rings. The zero-order valence-corrected chi connectivity index (χ0v) is 20.4. The third kappa shape index (κ3) is 6.37. The number of hydrogen-bond acceptors (Lipinski definition) is 7. The van der Waals surface area contributed by atoms with Gasteiger partial charge in [-0.15, -0.1) is 0 Å². The highest BCUT2D eigenvalue weighted by Crippen LogP contribution is 2.34. The highest BCUT2D eigenvalue weighted by Gasteiger charge is 2.17. The second-order valence-electron chi connectivity index (χ2n) is 7.06. The molecule has 0 aliphatic heterocycles. The summed E-state index contributed by atoms with van der Waals surface area (Å²) in [5.74, 6) is 0.169. The van der Waals surface area contributed by atoms with Gasteiger partial charge in [-0.1, -0.05) is 40.2 Å². The van der Waals surface area contributed by atoms with Crippen LogP contribution in [-0.2, 0) is 11.4 Å². The molecule has 178 valence electrons. The van der Waals surface area contributed by atoms with Crippen molar-refractivity contribution in [1.29, 1.82) is 5.26 Å². The number of anilines is 1. The summed E-state index contributed by atoms with van der Waals surface area (Å²) in [7, 11) is 2.81. The highest BCUT2D eigenvalue weighted by atomic mass is 79.9. The summed E-state index contributed by atoms with van der Waals surface area (Å²) >= 11 is 3.39. The van der Waals surface area contributed by atoms with Gasteiger partial charge in [0.2, 0.25) is 0 Å². The molecule has 0 bridgehead atoms. The fourth-order valence-corrected chi connectivity index (χ4v) is 3.35. The summed E-state index contributed by atoms with van der Waals surface area (Å²) < 4.78 is 17.5. The lowest BCUT2D eigenvalue weighted by Crippen LogP contribution is -2.14. The summed E-state index contributed by atoms with van der Waals surface area (Å²) in [6.45, 7) is 0.239. The number of carbonyl (C=O) groups excluding carboxylic acids is 1. The molecule has 3 rings (SSSR count). The van der Waals surface area contributed by atoms with Crippen molar-refractivity contribution in [3.8, 4) is 23.3 Å². The molecule has 0 spiro atoms. The molecule has 0 aromatic heterocycles. The maximum absolute atomic E-state index is 12.8. The third-order valence-electron chi connectivity index (χ3n) is 4.83. The van der Waals surface area contributed by atoms with Gasteiger partial charge in [0.05, 0.1) is 30.9 Å². The Hall–Kier alpha value is -4.36. The molecule has 0 saturated heterocycles. The van der Waals surface area contributed by atoms with Gasteiger partial charge in [-0.05, 0) is 35.9 Å². The standard InChI is InChI=1S/C25H20BrN3O6/c1-33-22-5-3-4-17(24(22)35-15-16-6-8-19(26)9-7-16)12-18(14-27)25(30)28-21-11-10-20(29(31)32)13-23(21)34-2/h3-13H,15H2,1-2H3,(H,28,30)/b18-12+. The smallest absolute Gasteiger partial charge is 0.273 e. The Morgan fingerprint density at radius 3 is 2.46 bits per heavy atom. The quantitative estimate of drug-likeness (QED) is 0.165. The highest BCUT2D eigenvalue weighted by molar-refractivity contribution is 9.10. The van der Waals surface area contributed by atoms with E-state index in [1.807, 2.05) is 30.3 Å². The van der Waals surface area contributed by atoms with E-state index in [1.54, 1.807) is 18.2 Å². The number of para-hydroxylation sites is 1. The molecule has 1 amide bonds. The Kier molecular flexibility index (Phi) is 8.43. The van der Waals surface area contributed by atoms with E-state index in [0.29, 0.717) is 17.1 Å². The third-order valence-corrected chi connectivity index (χ3v) is 5.36. The molecule has 0 atom stereocenters. The van der Waals surface area contributed by atoms with E-state index in [-0.39, 0.29) is 29.3 Å². The number of nitrogens with zero attached hydrogens (tertiary/aromatic N) is 2. The second kappa shape index (κ2) is 11.7. The van der Waals surface area contributed by atoms with Crippen LogP contribution in [0.4, 0.5) is 11.4 Å². The van der Waals surface area contributed by atoms with Gasteiger partial charge in [-0.2, -0.15) is 5.26 Å². The molecule has 10 heteroatoms. The molecule has 9 nitrogen and oxygen atoms in total. The van der Waals surface area contributed by atoms with Crippen molar-refractivity contribution in [3.05, 3.63) is 92.0 Å².